The lowest BCUT2D eigenvalue weighted by Gasteiger charge is -2.34. The lowest BCUT2D eigenvalue weighted by Crippen LogP contribution is -2.46. The Morgan fingerprint density at radius 1 is 1.25 bits per heavy atom. The summed E-state index contributed by atoms with van der Waals surface area (Å²) < 4.78 is 0. The van der Waals surface area contributed by atoms with Gasteiger partial charge in [0.25, 0.3) is 0 Å². The minimum Gasteiger partial charge on any atom is -0.354 e. The molecule has 3 N–H and O–H groups in total. The fraction of sp³-hybridized carbons (Fsp3) is 0.632. The van der Waals surface area contributed by atoms with Crippen molar-refractivity contribution in [2.45, 2.75) is 38.1 Å². The van der Waals surface area contributed by atoms with E-state index in [1.807, 2.05) is 18.2 Å². The number of nitrogens with zero attached hydrogens (tertiary/aromatic N) is 1. The van der Waals surface area contributed by atoms with Gasteiger partial charge in [0.1, 0.15) is 0 Å². The van der Waals surface area contributed by atoms with Crippen LogP contribution in [0, 0.1) is 5.92 Å². The number of hydrogen-bond acceptors (Lipinski definition) is 4. The zero-order valence-corrected chi connectivity index (χ0v) is 14.6. The van der Waals surface area contributed by atoms with E-state index in [0.29, 0.717) is 25.0 Å². The highest BCUT2D eigenvalue weighted by Gasteiger charge is 2.28. The summed E-state index contributed by atoms with van der Waals surface area (Å²) >= 11 is 0. The Morgan fingerprint density at radius 2 is 2.00 bits per heavy atom. The largest absolute Gasteiger partial charge is 0.354 e. The number of nitrogens with one attached hydrogen (secondary N) is 3. The molecule has 0 bridgehead atoms. The van der Waals surface area contributed by atoms with Crippen molar-refractivity contribution < 1.29 is 4.79 Å². The van der Waals surface area contributed by atoms with Crippen LogP contribution in [0.4, 0.5) is 0 Å². The molecule has 2 heterocycles. The number of benzene rings is 1. The van der Waals surface area contributed by atoms with Crippen LogP contribution in [0.3, 0.4) is 0 Å². The molecular weight excluding hydrogens is 300 g/mol. The van der Waals surface area contributed by atoms with Crippen molar-refractivity contribution in [2.24, 2.45) is 5.92 Å². The summed E-state index contributed by atoms with van der Waals surface area (Å²) in [7, 11) is 0. The summed E-state index contributed by atoms with van der Waals surface area (Å²) in [5.74, 6) is 1.25. The fourth-order valence-corrected chi connectivity index (χ4v) is 3.80. The van der Waals surface area contributed by atoms with E-state index in [2.05, 4.69) is 40.1 Å². The van der Waals surface area contributed by atoms with E-state index in [-0.39, 0.29) is 5.91 Å². The van der Waals surface area contributed by atoms with E-state index in [9.17, 15) is 4.79 Å². The van der Waals surface area contributed by atoms with Crippen molar-refractivity contribution in [3.05, 3.63) is 35.9 Å². The molecule has 24 heavy (non-hydrogen) atoms. The second-order valence-corrected chi connectivity index (χ2v) is 7.20. The number of hydrazine groups is 1. The molecule has 2 fully saturated rings. The van der Waals surface area contributed by atoms with Crippen LogP contribution in [0.2, 0.25) is 0 Å². The highest BCUT2D eigenvalue weighted by molar-refractivity contribution is 5.78. The molecule has 1 aromatic carbocycles. The third kappa shape index (κ3) is 4.79. The molecule has 0 aromatic heterocycles. The molecule has 1 aromatic rings. The van der Waals surface area contributed by atoms with Crippen molar-refractivity contribution >= 4 is 5.91 Å². The highest BCUT2D eigenvalue weighted by Crippen LogP contribution is 2.23. The smallest absolute Gasteiger partial charge is 0.234 e. The summed E-state index contributed by atoms with van der Waals surface area (Å²) in [6, 6.07) is 11.0. The Labute approximate surface area is 145 Å². The molecule has 0 radical (unpaired) electrons. The van der Waals surface area contributed by atoms with Crippen molar-refractivity contribution in [1.29, 1.82) is 0 Å². The van der Waals surface area contributed by atoms with Gasteiger partial charge >= 0.3 is 0 Å². The maximum Gasteiger partial charge on any atom is 0.234 e. The number of carbonyl (C=O) groups excluding carboxylic acids is 1. The van der Waals surface area contributed by atoms with Crippen molar-refractivity contribution in [2.75, 3.05) is 32.7 Å². The summed E-state index contributed by atoms with van der Waals surface area (Å²) in [6.45, 7) is 6.53. The van der Waals surface area contributed by atoms with Gasteiger partial charge in [-0.25, -0.2) is 0 Å². The van der Waals surface area contributed by atoms with Gasteiger partial charge in [0.2, 0.25) is 5.91 Å². The van der Waals surface area contributed by atoms with Crippen LogP contribution in [0.15, 0.2) is 30.3 Å². The van der Waals surface area contributed by atoms with Crippen LogP contribution in [0.5, 0.6) is 0 Å². The average Bonchev–Trinajstić information content (AvgIpc) is 3.16. The lowest BCUT2D eigenvalue weighted by molar-refractivity contribution is -0.122. The van der Waals surface area contributed by atoms with Gasteiger partial charge in [-0.05, 0) is 49.8 Å². The van der Waals surface area contributed by atoms with Crippen LogP contribution in [0.1, 0.15) is 37.7 Å². The quantitative estimate of drug-likeness (QED) is 0.740. The van der Waals surface area contributed by atoms with Crippen LogP contribution in [-0.4, -0.2) is 49.6 Å². The summed E-state index contributed by atoms with van der Waals surface area (Å²) in [6.07, 6.45) is 3.60. The van der Waals surface area contributed by atoms with Crippen molar-refractivity contribution in [3.8, 4) is 0 Å². The first kappa shape index (κ1) is 17.4. The molecule has 0 saturated carbocycles. The van der Waals surface area contributed by atoms with Crippen LogP contribution in [-0.2, 0) is 4.79 Å². The predicted octanol–water partition coefficient (Wildman–Crippen LogP) is 1.48. The zero-order valence-electron chi connectivity index (χ0n) is 14.6. The second-order valence-electron chi connectivity index (χ2n) is 7.20. The minimum absolute atomic E-state index is 0.150. The fourth-order valence-electron chi connectivity index (χ4n) is 3.80. The normalized spacial score (nSPS) is 24.0. The van der Waals surface area contributed by atoms with E-state index in [1.165, 1.54) is 24.8 Å². The molecule has 5 nitrogen and oxygen atoms in total. The van der Waals surface area contributed by atoms with E-state index in [1.54, 1.807) is 0 Å². The molecule has 2 saturated heterocycles. The molecule has 2 atom stereocenters. The van der Waals surface area contributed by atoms with E-state index < -0.39 is 0 Å². The van der Waals surface area contributed by atoms with Crippen LogP contribution < -0.4 is 16.2 Å². The Morgan fingerprint density at radius 3 is 2.67 bits per heavy atom. The highest BCUT2D eigenvalue weighted by atomic mass is 16.2. The van der Waals surface area contributed by atoms with E-state index >= 15 is 0 Å². The summed E-state index contributed by atoms with van der Waals surface area (Å²) in [4.78, 5) is 14.5. The lowest BCUT2D eigenvalue weighted by atomic mass is 9.88. The second kappa shape index (κ2) is 8.60. The molecule has 5 heteroatoms. The predicted molar refractivity (Wildman–Crippen MR) is 96.6 cm³/mol. The Bertz CT molecular complexity index is 507. The SMILES string of the molecule is CC(CNC(=O)CN1CCC(C2CCNN2)CC1)c1ccccc1. The van der Waals surface area contributed by atoms with Crippen molar-refractivity contribution in [3.63, 3.8) is 0 Å². The maximum absolute atomic E-state index is 12.2. The molecule has 0 spiro atoms. The van der Waals surface area contributed by atoms with Gasteiger partial charge in [0, 0.05) is 19.1 Å². The van der Waals surface area contributed by atoms with Gasteiger partial charge in [0.15, 0.2) is 0 Å². The third-order valence-electron chi connectivity index (χ3n) is 5.41. The minimum atomic E-state index is 0.150. The number of piperidine rings is 1. The Kier molecular flexibility index (Phi) is 6.24. The van der Waals surface area contributed by atoms with Gasteiger partial charge in [-0.15, -0.1) is 0 Å². The van der Waals surface area contributed by atoms with Crippen molar-refractivity contribution in [1.82, 2.24) is 21.1 Å². The number of carbonyl (C=O) groups is 1. The molecule has 0 aliphatic carbocycles. The number of amides is 1. The molecule has 2 unspecified atom stereocenters. The molecule has 2 aliphatic rings. The standard InChI is InChI=1S/C19H30N4O/c1-15(16-5-3-2-4-6-16)13-20-19(24)14-23-11-8-17(9-12-23)18-7-10-21-22-18/h2-6,15,17-18,21-22H,7-14H2,1H3,(H,20,24). The number of likely N-dealkylation sites (tertiary alicyclic amines) is 1. The van der Waals surface area contributed by atoms with Gasteiger partial charge in [-0.3, -0.25) is 20.5 Å². The van der Waals surface area contributed by atoms with Gasteiger partial charge < -0.3 is 5.32 Å². The van der Waals surface area contributed by atoms with Gasteiger partial charge in [0.05, 0.1) is 6.54 Å². The van der Waals surface area contributed by atoms with Crippen LogP contribution in [0.25, 0.3) is 0 Å². The Balaban J connectivity index is 1.35. The monoisotopic (exact) mass is 330 g/mol. The van der Waals surface area contributed by atoms with Crippen LogP contribution >= 0.6 is 0 Å². The molecule has 3 rings (SSSR count). The topological polar surface area (TPSA) is 56.4 Å². The molecule has 132 valence electrons. The number of rotatable bonds is 6. The zero-order chi connectivity index (χ0) is 16.8. The number of hydrogen-bond donors (Lipinski definition) is 3. The first-order chi connectivity index (χ1) is 11.7. The maximum atomic E-state index is 12.2. The average molecular weight is 330 g/mol. The molecule has 2 aliphatic heterocycles. The summed E-state index contributed by atoms with van der Waals surface area (Å²) in [5.41, 5.74) is 7.88. The van der Waals surface area contributed by atoms with Gasteiger partial charge in [-0.2, -0.15) is 0 Å². The van der Waals surface area contributed by atoms with E-state index in [0.717, 1.165) is 25.6 Å². The summed E-state index contributed by atoms with van der Waals surface area (Å²) in [5, 5.41) is 3.09. The van der Waals surface area contributed by atoms with E-state index in [4.69, 9.17) is 0 Å². The van der Waals surface area contributed by atoms with Gasteiger partial charge in [-0.1, -0.05) is 37.3 Å². The first-order valence-corrected chi connectivity index (χ1v) is 9.25. The molecular formula is C19H30N4O. The third-order valence-corrected chi connectivity index (χ3v) is 5.41. The first-order valence-electron chi connectivity index (χ1n) is 9.25. The Hall–Kier alpha value is -1.43. The molecule has 1 amide bonds.